The smallest absolute Gasteiger partial charge is 0.351 e. The van der Waals surface area contributed by atoms with Crippen LogP contribution in [0.15, 0.2) is 10.6 Å². The fourth-order valence-corrected chi connectivity index (χ4v) is 0.767. The van der Waals surface area contributed by atoms with Gasteiger partial charge in [-0.05, 0) is 6.92 Å². The molecule has 78 valence electrons. The number of alkyl halides is 3. The van der Waals surface area contributed by atoms with Crippen LogP contribution in [0.5, 0.6) is 0 Å². The van der Waals surface area contributed by atoms with Gasteiger partial charge in [0.05, 0.1) is 0 Å². The third-order valence-corrected chi connectivity index (χ3v) is 1.36. The van der Waals surface area contributed by atoms with Crippen LogP contribution >= 0.6 is 0 Å². The van der Waals surface area contributed by atoms with Crippen molar-refractivity contribution in [1.82, 2.24) is 10.5 Å². The van der Waals surface area contributed by atoms with Gasteiger partial charge >= 0.3 is 6.18 Å². The quantitative estimate of drug-likeness (QED) is 0.800. The molecule has 0 radical (unpaired) electrons. The Balaban J connectivity index is 2.83. The molecule has 4 nitrogen and oxygen atoms in total. The third-order valence-electron chi connectivity index (χ3n) is 1.36. The second kappa shape index (κ2) is 3.69. The first kappa shape index (κ1) is 10.6. The Morgan fingerprint density at radius 1 is 1.64 bits per heavy atom. The van der Waals surface area contributed by atoms with E-state index in [1.165, 1.54) is 0 Å². The number of amides is 1. The van der Waals surface area contributed by atoms with Crippen molar-refractivity contribution in [3.05, 3.63) is 17.5 Å². The van der Waals surface area contributed by atoms with Crippen LogP contribution in [0.2, 0.25) is 0 Å². The van der Waals surface area contributed by atoms with E-state index in [1.54, 1.807) is 6.92 Å². The lowest BCUT2D eigenvalue weighted by molar-refractivity contribution is -0.155. The maximum atomic E-state index is 12.0. The van der Waals surface area contributed by atoms with Gasteiger partial charge in [-0.2, -0.15) is 13.2 Å². The lowest BCUT2D eigenvalue weighted by atomic mass is 10.3. The van der Waals surface area contributed by atoms with Crippen molar-refractivity contribution in [2.24, 2.45) is 0 Å². The molecule has 0 unspecified atom stereocenters. The molecule has 0 aromatic carbocycles. The minimum absolute atomic E-state index is 0.313. The highest BCUT2D eigenvalue weighted by Crippen LogP contribution is 2.29. The van der Waals surface area contributed by atoms with E-state index in [1.807, 2.05) is 0 Å². The average molecular weight is 208 g/mol. The van der Waals surface area contributed by atoms with Gasteiger partial charge in [0.25, 0.3) is 5.91 Å². The van der Waals surface area contributed by atoms with Crippen LogP contribution in [0.4, 0.5) is 13.2 Å². The molecule has 1 rings (SSSR count). The summed E-state index contributed by atoms with van der Waals surface area (Å²) in [6.07, 6.45) is -4.61. The Morgan fingerprint density at radius 3 is 2.71 bits per heavy atom. The zero-order valence-corrected chi connectivity index (χ0v) is 7.18. The number of hydrogen-bond donors (Lipinski definition) is 1. The molecule has 0 saturated carbocycles. The zero-order chi connectivity index (χ0) is 10.8. The highest BCUT2D eigenvalue weighted by atomic mass is 19.4. The van der Waals surface area contributed by atoms with E-state index in [0.717, 1.165) is 0 Å². The van der Waals surface area contributed by atoms with Crippen molar-refractivity contribution in [3.63, 3.8) is 0 Å². The monoisotopic (exact) mass is 208 g/mol. The van der Waals surface area contributed by atoms with E-state index in [0.29, 0.717) is 12.6 Å². The summed E-state index contributed by atoms with van der Waals surface area (Å²) < 4.78 is 39.9. The molecule has 1 heterocycles. The van der Waals surface area contributed by atoms with Crippen LogP contribution in [0.1, 0.15) is 23.2 Å². The van der Waals surface area contributed by atoms with Crippen LogP contribution < -0.4 is 5.32 Å². The summed E-state index contributed by atoms with van der Waals surface area (Å²) in [6, 6.07) is 0.561. The predicted molar refractivity (Wildman–Crippen MR) is 39.5 cm³/mol. The van der Waals surface area contributed by atoms with Crippen molar-refractivity contribution >= 4 is 5.91 Å². The summed E-state index contributed by atoms with van der Waals surface area (Å²) in [4.78, 5) is 11.0. The summed E-state index contributed by atoms with van der Waals surface area (Å²) in [6.45, 7) is 1.95. The molecular formula is C7H7F3N2O2. The van der Waals surface area contributed by atoms with Crippen LogP contribution in [-0.4, -0.2) is 17.6 Å². The first-order valence-electron chi connectivity index (χ1n) is 3.77. The average Bonchev–Trinajstić information content (AvgIpc) is 2.51. The molecule has 7 heteroatoms. The Kier molecular flexibility index (Phi) is 2.78. The van der Waals surface area contributed by atoms with Crippen molar-refractivity contribution in [2.45, 2.75) is 13.1 Å². The minimum Gasteiger partial charge on any atom is -0.351 e. The van der Waals surface area contributed by atoms with Gasteiger partial charge in [-0.25, -0.2) is 0 Å². The van der Waals surface area contributed by atoms with E-state index in [2.05, 4.69) is 15.0 Å². The maximum Gasteiger partial charge on any atom is 0.452 e. The Hall–Kier alpha value is -1.53. The number of carbonyl (C=O) groups is 1. The first-order valence-corrected chi connectivity index (χ1v) is 3.77. The fourth-order valence-electron chi connectivity index (χ4n) is 0.767. The van der Waals surface area contributed by atoms with Crippen molar-refractivity contribution < 1.29 is 22.5 Å². The lowest BCUT2D eigenvalue weighted by Crippen LogP contribution is -2.22. The standard InChI is InChI=1S/C7H7F3N2O2/c1-2-11-6(13)4-3-5(14-12-4)7(8,9)10/h3H,2H2,1H3,(H,11,13). The van der Waals surface area contributed by atoms with Crippen molar-refractivity contribution in [3.8, 4) is 0 Å². The van der Waals surface area contributed by atoms with Crippen molar-refractivity contribution in [2.75, 3.05) is 6.54 Å². The van der Waals surface area contributed by atoms with Gasteiger partial charge in [0.1, 0.15) is 0 Å². The Labute approximate surface area is 77.1 Å². The molecule has 1 aromatic heterocycles. The van der Waals surface area contributed by atoms with Gasteiger partial charge in [0.2, 0.25) is 5.76 Å². The molecular weight excluding hydrogens is 201 g/mol. The Morgan fingerprint density at radius 2 is 2.29 bits per heavy atom. The molecule has 14 heavy (non-hydrogen) atoms. The highest BCUT2D eigenvalue weighted by molar-refractivity contribution is 5.92. The normalized spacial score (nSPS) is 11.4. The van der Waals surface area contributed by atoms with E-state index in [9.17, 15) is 18.0 Å². The first-order chi connectivity index (χ1) is 6.45. The van der Waals surface area contributed by atoms with Crippen LogP contribution in [0.3, 0.4) is 0 Å². The topological polar surface area (TPSA) is 55.1 Å². The molecule has 1 aromatic rings. The number of rotatable bonds is 2. The Bertz CT molecular complexity index is 332. The van der Waals surface area contributed by atoms with Gasteiger partial charge in [0, 0.05) is 12.6 Å². The largest absolute Gasteiger partial charge is 0.452 e. The van der Waals surface area contributed by atoms with Gasteiger partial charge in [-0.1, -0.05) is 5.16 Å². The van der Waals surface area contributed by atoms with Crippen LogP contribution in [0, 0.1) is 0 Å². The number of carbonyl (C=O) groups excluding carboxylic acids is 1. The molecule has 0 aliphatic heterocycles. The number of hydrogen-bond acceptors (Lipinski definition) is 3. The van der Waals surface area contributed by atoms with E-state index < -0.39 is 17.8 Å². The fraction of sp³-hybridized carbons (Fsp3) is 0.429. The predicted octanol–water partition coefficient (Wildman–Crippen LogP) is 1.44. The van der Waals surface area contributed by atoms with E-state index in [4.69, 9.17) is 0 Å². The zero-order valence-electron chi connectivity index (χ0n) is 7.18. The second-order valence-corrected chi connectivity index (χ2v) is 2.43. The summed E-state index contributed by atoms with van der Waals surface area (Å²) >= 11 is 0. The second-order valence-electron chi connectivity index (χ2n) is 2.43. The minimum atomic E-state index is -4.61. The highest BCUT2D eigenvalue weighted by Gasteiger charge is 2.36. The van der Waals surface area contributed by atoms with E-state index >= 15 is 0 Å². The van der Waals surface area contributed by atoms with Crippen molar-refractivity contribution in [1.29, 1.82) is 0 Å². The molecule has 0 spiro atoms. The van der Waals surface area contributed by atoms with Gasteiger partial charge < -0.3 is 9.84 Å². The lowest BCUT2D eigenvalue weighted by Gasteiger charge is -1.97. The van der Waals surface area contributed by atoms with Crippen LogP contribution in [0.25, 0.3) is 0 Å². The van der Waals surface area contributed by atoms with Gasteiger partial charge in [0.15, 0.2) is 5.69 Å². The maximum absolute atomic E-state index is 12.0. The SMILES string of the molecule is CCNC(=O)c1cc(C(F)(F)F)on1. The molecule has 1 N–H and O–H groups in total. The third kappa shape index (κ3) is 2.24. The summed E-state index contributed by atoms with van der Waals surface area (Å²) in [5, 5.41) is 5.29. The molecule has 0 aliphatic carbocycles. The summed E-state index contributed by atoms with van der Waals surface area (Å²) in [5.41, 5.74) is -0.376. The van der Waals surface area contributed by atoms with Gasteiger partial charge in [-0.3, -0.25) is 4.79 Å². The molecule has 0 saturated heterocycles. The number of aromatic nitrogens is 1. The van der Waals surface area contributed by atoms with Crippen LogP contribution in [-0.2, 0) is 6.18 Å². The molecule has 0 bridgehead atoms. The molecule has 0 atom stereocenters. The molecule has 0 aliphatic rings. The summed E-state index contributed by atoms with van der Waals surface area (Å²) in [5.74, 6) is -1.97. The number of halogens is 3. The molecule has 0 fully saturated rings. The number of nitrogens with one attached hydrogen (secondary N) is 1. The van der Waals surface area contributed by atoms with Gasteiger partial charge in [-0.15, -0.1) is 0 Å². The van der Waals surface area contributed by atoms with E-state index in [-0.39, 0.29) is 5.69 Å². The summed E-state index contributed by atoms with van der Waals surface area (Å²) in [7, 11) is 0. The number of nitrogens with zero attached hydrogens (tertiary/aromatic N) is 1. The molecule has 1 amide bonds.